The molecule has 0 radical (unpaired) electrons. The molecule has 1 aromatic carbocycles. The molecule has 0 saturated carbocycles. The summed E-state index contributed by atoms with van der Waals surface area (Å²) in [5, 5.41) is 11.9. The van der Waals surface area contributed by atoms with Crippen LogP contribution in [0.2, 0.25) is 0 Å². The van der Waals surface area contributed by atoms with Gasteiger partial charge in [-0.1, -0.05) is 18.2 Å². The Morgan fingerprint density at radius 2 is 2.19 bits per heavy atom. The van der Waals surface area contributed by atoms with Gasteiger partial charge in [0.15, 0.2) is 0 Å². The molecule has 1 rings (SSSR count). The van der Waals surface area contributed by atoms with Gasteiger partial charge in [0.1, 0.15) is 6.04 Å². The van der Waals surface area contributed by atoms with Gasteiger partial charge in [0.2, 0.25) is 0 Å². The number of carboxylic acid groups (broad SMARTS) is 1. The van der Waals surface area contributed by atoms with Gasteiger partial charge in [-0.25, -0.2) is 0 Å². The lowest BCUT2D eigenvalue weighted by molar-refractivity contribution is -0.138. The number of anilines is 1. The van der Waals surface area contributed by atoms with Gasteiger partial charge < -0.3 is 16.2 Å². The normalized spacial score (nSPS) is 12.1. The molecule has 0 fully saturated rings. The van der Waals surface area contributed by atoms with Crippen LogP contribution in [0.15, 0.2) is 24.3 Å². The van der Waals surface area contributed by atoms with E-state index in [4.69, 9.17) is 22.4 Å². The van der Waals surface area contributed by atoms with Crippen LogP contribution in [0.5, 0.6) is 0 Å². The first kappa shape index (κ1) is 12.8. The van der Waals surface area contributed by atoms with Crippen LogP contribution in [-0.2, 0) is 11.2 Å². The van der Waals surface area contributed by atoms with Crippen LogP contribution in [0.1, 0.15) is 5.56 Å². The molecule has 0 heterocycles. The van der Waals surface area contributed by atoms with E-state index in [1.807, 2.05) is 24.3 Å². The Labute approximate surface area is 99.4 Å². The van der Waals surface area contributed by atoms with E-state index in [-0.39, 0.29) is 0 Å². The first-order chi connectivity index (χ1) is 7.65. The molecule has 0 saturated heterocycles. The van der Waals surface area contributed by atoms with Crippen molar-refractivity contribution in [3.05, 3.63) is 29.8 Å². The van der Waals surface area contributed by atoms with Crippen LogP contribution in [0.3, 0.4) is 0 Å². The third-order valence-corrected chi connectivity index (χ3v) is 2.37. The number of hydrogen-bond donors (Lipinski definition) is 3. The van der Waals surface area contributed by atoms with Gasteiger partial charge >= 0.3 is 5.97 Å². The number of carbonyl (C=O) groups is 1. The number of hydrogen-bond acceptors (Lipinski definition) is 3. The fourth-order valence-corrected chi connectivity index (χ4v) is 1.47. The standard InChI is InChI=1S/C11H15ClN2O2/c12-5-6-14-10-4-2-1-3-8(10)7-9(13)11(15)16/h1-4,9,14H,5-7,13H2,(H,15,16). The van der Waals surface area contributed by atoms with Gasteiger partial charge in [-0.05, 0) is 11.6 Å². The van der Waals surface area contributed by atoms with Crippen molar-refractivity contribution in [3.8, 4) is 0 Å². The third-order valence-electron chi connectivity index (χ3n) is 2.18. The monoisotopic (exact) mass is 242 g/mol. The Balaban J connectivity index is 2.74. The van der Waals surface area contributed by atoms with Crippen molar-refractivity contribution in [1.29, 1.82) is 0 Å². The minimum atomic E-state index is -0.993. The van der Waals surface area contributed by atoms with E-state index in [0.717, 1.165) is 11.3 Å². The van der Waals surface area contributed by atoms with Gasteiger partial charge in [0.05, 0.1) is 0 Å². The summed E-state index contributed by atoms with van der Waals surface area (Å²) in [7, 11) is 0. The predicted molar refractivity (Wildman–Crippen MR) is 65.0 cm³/mol. The van der Waals surface area contributed by atoms with Crippen molar-refractivity contribution < 1.29 is 9.90 Å². The molecular weight excluding hydrogens is 228 g/mol. The van der Waals surface area contributed by atoms with Gasteiger partial charge in [0.25, 0.3) is 0 Å². The van der Waals surface area contributed by atoms with Gasteiger partial charge in [-0.15, -0.1) is 11.6 Å². The fraction of sp³-hybridized carbons (Fsp3) is 0.364. The molecule has 5 heteroatoms. The van der Waals surface area contributed by atoms with E-state index in [0.29, 0.717) is 18.8 Å². The Kier molecular flexibility index (Phi) is 5.08. The molecule has 0 amide bonds. The highest BCUT2D eigenvalue weighted by atomic mass is 35.5. The number of carboxylic acids is 1. The van der Waals surface area contributed by atoms with E-state index in [2.05, 4.69) is 5.32 Å². The van der Waals surface area contributed by atoms with Crippen LogP contribution in [0.25, 0.3) is 0 Å². The van der Waals surface area contributed by atoms with Crippen molar-refractivity contribution in [3.63, 3.8) is 0 Å². The van der Waals surface area contributed by atoms with E-state index in [9.17, 15) is 4.79 Å². The number of alkyl halides is 1. The molecule has 88 valence electrons. The van der Waals surface area contributed by atoms with Crippen molar-refractivity contribution >= 4 is 23.3 Å². The molecule has 16 heavy (non-hydrogen) atoms. The van der Waals surface area contributed by atoms with Gasteiger partial charge in [0, 0.05) is 24.5 Å². The lowest BCUT2D eigenvalue weighted by Crippen LogP contribution is -2.32. The third kappa shape index (κ3) is 3.72. The summed E-state index contributed by atoms with van der Waals surface area (Å²) >= 11 is 5.58. The quantitative estimate of drug-likeness (QED) is 0.657. The zero-order chi connectivity index (χ0) is 12.0. The van der Waals surface area contributed by atoms with Crippen molar-refractivity contribution in [2.75, 3.05) is 17.7 Å². The maximum Gasteiger partial charge on any atom is 0.320 e. The largest absolute Gasteiger partial charge is 0.480 e. The number of aliphatic carboxylic acids is 1. The Bertz CT molecular complexity index is 358. The summed E-state index contributed by atoms with van der Waals surface area (Å²) in [6.07, 6.45) is 0.306. The molecule has 1 aromatic rings. The first-order valence-corrected chi connectivity index (χ1v) is 5.54. The first-order valence-electron chi connectivity index (χ1n) is 5.01. The number of nitrogens with one attached hydrogen (secondary N) is 1. The maximum atomic E-state index is 10.7. The van der Waals surface area contributed by atoms with E-state index in [1.165, 1.54) is 0 Å². The minimum absolute atomic E-state index is 0.306. The summed E-state index contributed by atoms with van der Waals surface area (Å²) < 4.78 is 0. The lowest BCUT2D eigenvalue weighted by atomic mass is 10.0. The number of nitrogens with two attached hydrogens (primary N) is 1. The molecular formula is C11H15ClN2O2. The number of benzene rings is 1. The Morgan fingerprint density at radius 3 is 2.81 bits per heavy atom. The van der Waals surface area contributed by atoms with Crippen LogP contribution in [-0.4, -0.2) is 29.5 Å². The van der Waals surface area contributed by atoms with Gasteiger partial charge in [-0.3, -0.25) is 4.79 Å². The summed E-state index contributed by atoms with van der Waals surface area (Å²) in [5.41, 5.74) is 7.27. The number of para-hydroxylation sites is 1. The van der Waals surface area contributed by atoms with Crippen LogP contribution in [0.4, 0.5) is 5.69 Å². The fourth-order valence-electron chi connectivity index (χ4n) is 1.38. The molecule has 0 aliphatic heterocycles. The zero-order valence-electron chi connectivity index (χ0n) is 8.82. The number of halogens is 1. The second-order valence-electron chi connectivity index (χ2n) is 3.42. The van der Waals surface area contributed by atoms with Crippen molar-refractivity contribution in [1.82, 2.24) is 0 Å². The average Bonchev–Trinajstić information content (AvgIpc) is 2.27. The summed E-state index contributed by atoms with van der Waals surface area (Å²) in [5.74, 6) is -0.494. The van der Waals surface area contributed by atoms with Crippen molar-refractivity contribution in [2.24, 2.45) is 5.73 Å². The lowest BCUT2D eigenvalue weighted by Gasteiger charge is -2.12. The Morgan fingerprint density at radius 1 is 1.50 bits per heavy atom. The molecule has 0 spiro atoms. The molecule has 1 atom stereocenters. The second kappa shape index (κ2) is 6.35. The zero-order valence-corrected chi connectivity index (χ0v) is 9.57. The molecule has 0 aliphatic carbocycles. The Hall–Kier alpha value is -1.26. The highest BCUT2D eigenvalue weighted by Crippen LogP contribution is 2.16. The minimum Gasteiger partial charge on any atom is -0.480 e. The summed E-state index contributed by atoms with van der Waals surface area (Å²) in [6, 6.07) is 6.61. The molecule has 0 aromatic heterocycles. The molecule has 1 unspecified atom stereocenters. The highest BCUT2D eigenvalue weighted by Gasteiger charge is 2.13. The van der Waals surface area contributed by atoms with Gasteiger partial charge in [-0.2, -0.15) is 0 Å². The molecule has 0 aliphatic rings. The molecule has 4 nitrogen and oxygen atoms in total. The second-order valence-corrected chi connectivity index (χ2v) is 3.80. The summed E-state index contributed by atoms with van der Waals surface area (Å²) in [4.78, 5) is 10.7. The van der Waals surface area contributed by atoms with Crippen LogP contribution in [0, 0.1) is 0 Å². The smallest absolute Gasteiger partial charge is 0.320 e. The van der Waals surface area contributed by atoms with E-state index < -0.39 is 12.0 Å². The molecule has 4 N–H and O–H groups in total. The number of rotatable bonds is 6. The highest BCUT2D eigenvalue weighted by molar-refractivity contribution is 6.18. The van der Waals surface area contributed by atoms with E-state index >= 15 is 0 Å². The SMILES string of the molecule is NC(Cc1ccccc1NCCCl)C(=O)O. The van der Waals surface area contributed by atoms with Crippen LogP contribution >= 0.6 is 11.6 Å². The maximum absolute atomic E-state index is 10.7. The summed E-state index contributed by atoms with van der Waals surface area (Å²) in [6.45, 7) is 0.640. The topological polar surface area (TPSA) is 75.3 Å². The average molecular weight is 243 g/mol. The van der Waals surface area contributed by atoms with E-state index in [1.54, 1.807) is 0 Å². The molecule has 0 bridgehead atoms. The van der Waals surface area contributed by atoms with Crippen LogP contribution < -0.4 is 11.1 Å². The predicted octanol–water partition coefficient (Wildman–Crippen LogP) is 1.29. The van der Waals surface area contributed by atoms with Crippen molar-refractivity contribution in [2.45, 2.75) is 12.5 Å².